The SMILES string of the molecule is CC/C=C\C/C=C\C/C=C\C/C=C\C/C=C\C/C=C\CCCCCCCCCCCCCCCCCCC(=O)OC(CO)COC(=O)CCCCCCCCCCCCC/C=C\CCCCCCCCCC. The number of aliphatic hydroxyl groups is 1. The van der Waals surface area contributed by atoms with E-state index in [0.29, 0.717) is 12.8 Å². The number of allylic oxidation sites excluding steroid dienone is 14. The predicted molar refractivity (Wildman–Crippen MR) is 316 cm³/mol. The fraction of sp³-hybridized carbons (Fsp3) is 0.761. The molecule has 1 atom stereocenters. The molecule has 5 heteroatoms. The lowest BCUT2D eigenvalue weighted by Crippen LogP contribution is -2.28. The van der Waals surface area contributed by atoms with Gasteiger partial charge in [0.15, 0.2) is 6.10 Å². The molecule has 416 valence electrons. The van der Waals surface area contributed by atoms with Gasteiger partial charge in [-0.1, -0.05) is 292 Å². The molecule has 0 fully saturated rings. The highest BCUT2D eigenvalue weighted by atomic mass is 16.6. The smallest absolute Gasteiger partial charge is 0.306 e. The molecule has 0 aromatic rings. The van der Waals surface area contributed by atoms with Crippen molar-refractivity contribution in [3.63, 3.8) is 0 Å². The Hall–Kier alpha value is -2.92. The molecule has 0 saturated heterocycles. The van der Waals surface area contributed by atoms with Gasteiger partial charge in [0.25, 0.3) is 0 Å². The first kappa shape index (κ1) is 69.1. The predicted octanol–water partition coefficient (Wildman–Crippen LogP) is 21.3. The van der Waals surface area contributed by atoms with Crippen molar-refractivity contribution in [3.8, 4) is 0 Å². The standard InChI is InChI=1S/C67H118O5/c1-3-5-7-9-11-13-15-17-19-21-23-25-27-28-29-30-31-32-33-34-35-36-37-38-40-42-44-46-48-50-52-54-56-58-60-62-67(70)72-65(63-68)64-71-66(69)61-59-57-55-53-51-49-47-45-43-41-39-26-24-22-20-18-16-14-12-10-8-6-4-2/h5,7,11,13,17,19,22-25,28-29,31-32,65,68H,3-4,6,8-10,12,14-16,18,20-21,26-27,30,33-64H2,1-2H3/b7-5-,13-11-,19-17-,24-22-,25-23-,29-28-,32-31-. The Morgan fingerprint density at radius 3 is 0.917 bits per heavy atom. The maximum atomic E-state index is 12.3. The lowest BCUT2D eigenvalue weighted by molar-refractivity contribution is -0.161. The zero-order chi connectivity index (χ0) is 52.0. The zero-order valence-electron chi connectivity index (χ0n) is 47.7. The normalized spacial score (nSPS) is 12.8. The van der Waals surface area contributed by atoms with E-state index in [1.165, 1.54) is 205 Å². The Morgan fingerprint density at radius 2 is 0.597 bits per heavy atom. The van der Waals surface area contributed by atoms with E-state index in [0.717, 1.165) is 77.0 Å². The van der Waals surface area contributed by atoms with E-state index in [2.05, 4.69) is 98.9 Å². The minimum absolute atomic E-state index is 0.0655. The molecule has 0 aliphatic rings. The summed E-state index contributed by atoms with van der Waals surface area (Å²) in [4.78, 5) is 24.6. The van der Waals surface area contributed by atoms with Crippen LogP contribution < -0.4 is 0 Å². The zero-order valence-corrected chi connectivity index (χ0v) is 47.7. The average molecular weight is 1000 g/mol. The van der Waals surface area contributed by atoms with Crippen molar-refractivity contribution in [1.82, 2.24) is 0 Å². The van der Waals surface area contributed by atoms with Crippen LogP contribution in [0.3, 0.4) is 0 Å². The molecule has 0 heterocycles. The van der Waals surface area contributed by atoms with Crippen LogP contribution in [-0.2, 0) is 19.1 Å². The highest BCUT2D eigenvalue weighted by molar-refractivity contribution is 5.70. The minimum atomic E-state index is -0.775. The third kappa shape index (κ3) is 59.6. The number of carbonyl (C=O) groups excluding carboxylic acids is 2. The number of hydrogen-bond donors (Lipinski definition) is 1. The van der Waals surface area contributed by atoms with Crippen molar-refractivity contribution < 1.29 is 24.2 Å². The minimum Gasteiger partial charge on any atom is -0.462 e. The molecule has 0 aliphatic heterocycles. The van der Waals surface area contributed by atoms with E-state index in [9.17, 15) is 14.7 Å². The lowest BCUT2D eigenvalue weighted by atomic mass is 10.0. The molecule has 1 N–H and O–H groups in total. The third-order valence-electron chi connectivity index (χ3n) is 13.7. The van der Waals surface area contributed by atoms with E-state index in [1.54, 1.807) is 0 Å². The molecular weight excluding hydrogens is 885 g/mol. The summed E-state index contributed by atoms with van der Waals surface area (Å²) in [6.07, 6.45) is 87.2. The van der Waals surface area contributed by atoms with Crippen LogP contribution in [0.2, 0.25) is 0 Å². The van der Waals surface area contributed by atoms with Crippen LogP contribution in [-0.4, -0.2) is 36.4 Å². The second-order valence-corrected chi connectivity index (χ2v) is 20.8. The monoisotopic (exact) mass is 1000 g/mol. The van der Waals surface area contributed by atoms with Gasteiger partial charge in [0, 0.05) is 12.8 Å². The van der Waals surface area contributed by atoms with Crippen molar-refractivity contribution >= 4 is 11.9 Å². The van der Waals surface area contributed by atoms with Crippen LogP contribution in [0.4, 0.5) is 0 Å². The first-order valence-corrected chi connectivity index (χ1v) is 31.1. The molecule has 0 radical (unpaired) electrons. The third-order valence-corrected chi connectivity index (χ3v) is 13.7. The van der Waals surface area contributed by atoms with Gasteiger partial charge >= 0.3 is 11.9 Å². The molecule has 0 saturated carbocycles. The van der Waals surface area contributed by atoms with E-state index < -0.39 is 6.10 Å². The molecule has 1 unspecified atom stereocenters. The fourth-order valence-corrected chi connectivity index (χ4v) is 9.03. The number of hydrogen-bond acceptors (Lipinski definition) is 5. The molecule has 0 rings (SSSR count). The average Bonchev–Trinajstić information content (AvgIpc) is 3.38. The second kappa shape index (κ2) is 62.4. The molecule has 0 amide bonds. The van der Waals surface area contributed by atoms with E-state index in [1.807, 2.05) is 0 Å². The summed E-state index contributed by atoms with van der Waals surface area (Å²) in [6, 6.07) is 0. The molecule has 0 aromatic heterocycles. The van der Waals surface area contributed by atoms with Gasteiger partial charge in [-0.2, -0.15) is 0 Å². The molecule has 0 bridgehead atoms. The Balaban J connectivity index is 3.47. The number of unbranched alkanes of at least 4 members (excludes halogenated alkanes) is 35. The van der Waals surface area contributed by atoms with Crippen LogP contribution in [0.5, 0.6) is 0 Å². The lowest BCUT2D eigenvalue weighted by Gasteiger charge is -2.15. The van der Waals surface area contributed by atoms with Crippen LogP contribution in [0.1, 0.15) is 309 Å². The number of esters is 2. The molecule has 5 nitrogen and oxygen atoms in total. The quantitative estimate of drug-likeness (QED) is 0.0373. The van der Waals surface area contributed by atoms with Gasteiger partial charge in [0.2, 0.25) is 0 Å². The van der Waals surface area contributed by atoms with E-state index in [-0.39, 0.29) is 25.2 Å². The van der Waals surface area contributed by atoms with Gasteiger partial charge in [-0.05, 0) is 89.9 Å². The van der Waals surface area contributed by atoms with Gasteiger partial charge in [-0.15, -0.1) is 0 Å². The van der Waals surface area contributed by atoms with Gasteiger partial charge in [-0.25, -0.2) is 0 Å². The summed E-state index contributed by atoms with van der Waals surface area (Å²) in [5, 5.41) is 9.68. The van der Waals surface area contributed by atoms with Crippen molar-refractivity contribution in [1.29, 1.82) is 0 Å². The Morgan fingerprint density at radius 1 is 0.333 bits per heavy atom. The summed E-state index contributed by atoms with van der Waals surface area (Å²) in [5.41, 5.74) is 0. The Bertz CT molecular complexity index is 1320. The van der Waals surface area contributed by atoms with E-state index in [4.69, 9.17) is 9.47 Å². The molecule has 0 aromatic carbocycles. The van der Waals surface area contributed by atoms with Crippen molar-refractivity contribution in [3.05, 3.63) is 85.1 Å². The topological polar surface area (TPSA) is 72.8 Å². The van der Waals surface area contributed by atoms with Crippen LogP contribution in [0, 0.1) is 0 Å². The highest BCUT2D eigenvalue weighted by Crippen LogP contribution is 2.17. The van der Waals surface area contributed by atoms with Crippen LogP contribution in [0.15, 0.2) is 85.1 Å². The Kier molecular flexibility index (Phi) is 59.8. The van der Waals surface area contributed by atoms with Gasteiger partial charge in [0.1, 0.15) is 6.61 Å². The fourth-order valence-electron chi connectivity index (χ4n) is 9.03. The van der Waals surface area contributed by atoms with Crippen LogP contribution in [0.25, 0.3) is 0 Å². The van der Waals surface area contributed by atoms with E-state index >= 15 is 0 Å². The van der Waals surface area contributed by atoms with Crippen molar-refractivity contribution in [2.45, 2.75) is 315 Å². The van der Waals surface area contributed by atoms with Gasteiger partial charge in [-0.3, -0.25) is 9.59 Å². The summed E-state index contributed by atoms with van der Waals surface area (Å²) >= 11 is 0. The van der Waals surface area contributed by atoms with Gasteiger partial charge < -0.3 is 14.6 Å². The maximum Gasteiger partial charge on any atom is 0.306 e. The Labute approximate surface area is 447 Å². The molecule has 0 aliphatic carbocycles. The summed E-state index contributed by atoms with van der Waals surface area (Å²) in [5.74, 6) is -0.581. The van der Waals surface area contributed by atoms with Crippen LogP contribution >= 0.6 is 0 Å². The molecule has 72 heavy (non-hydrogen) atoms. The summed E-state index contributed by atoms with van der Waals surface area (Å²) < 4.78 is 10.7. The second-order valence-electron chi connectivity index (χ2n) is 20.8. The first-order chi connectivity index (χ1) is 35.6. The first-order valence-electron chi connectivity index (χ1n) is 31.1. The van der Waals surface area contributed by atoms with Crippen molar-refractivity contribution in [2.24, 2.45) is 0 Å². The summed E-state index contributed by atoms with van der Waals surface area (Å²) in [6.45, 7) is 4.06. The largest absolute Gasteiger partial charge is 0.462 e. The molecular formula is C67H118O5. The number of ether oxygens (including phenoxy) is 2. The molecule has 0 spiro atoms. The number of rotatable bonds is 57. The summed E-state index contributed by atoms with van der Waals surface area (Å²) in [7, 11) is 0. The highest BCUT2D eigenvalue weighted by Gasteiger charge is 2.16. The van der Waals surface area contributed by atoms with Crippen molar-refractivity contribution in [2.75, 3.05) is 13.2 Å². The number of carbonyl (C=O) groups is 2. The number of aliphatic hydroxyl groups excluding tert-OH is 1. The maximum absolute atomic E-state index is 12.3. The van der Waals surface area contributed by atoms with Gasteiger partial charge in [0.05, 0.1) is 6.61 Å².